The Morgan fingerprint density at radius 1 is 1.17 bits per heavy atom. The highest BCUT2D eigenvalue weighted by molar-refractivity contribution is 6.31. The van der Waals surface area contributed by atoms with Crippen molar-refractivity contribution < 1.29 is 4.79 Å². The van der Waals surface area contributed by atoms with E-state index in [1.807, 2.05) is 38.1 Å². The Bertz CT molecular complexity index is 873. The minimum atomic E-state index is -0.187. The first-order chi connectivity index (χ1) is 11.0. The van der Waals surface area contributed by atoms with Crippen LogP contribution >= 0.6 is 11.6 Å². The molecule has 0 saturated heterocycles. The predicted octanol–water partition coefficient (Wildman–Crippen LogP) is 3.99. The Morgan fingerprint density at radius 3 is 2.70 bits per heavy atom. The van der Waals surface area contributed by atoms with Gasteiger partial charge < -0.3 is 5.32 Å². The Labute approximate surface area is 138 Å². The lowest BCUT2D eigenvalue weighted by atomic mass is 10.1. The number of aromatic amines is 1. The molecule has 23 heavy (non-hydrogen) atoms. The first-order valence-electron chi connectivity index (χ1n) is 7.10. The number of rotatable bonds is 3. The van der Waals surface area contributed by atoms with Crippen molar-refractivity contribution in [3.8, 4) is 11.4 Å². The normalized spacial score (nSPS) is 10.6. The third-order valence-corrected chi connectivity index (χ3v) is 3.82. The number of carbonyl (C=O) groups is 1. The maximum Gasteiger partial charge on any atom is 0.255 e. The lowest BCUT2D eigenvalue weighted by molar-refractivity contribution is 0.102. The Kier molecular flexibility index (Phi) is 4.12. The van der Waals surface area contributed by atoms with Gasteiger partial charge in [-0.05, 0) is 49.7 Å². The topological polar surface area (TPSA) is 70.7 Å². The van der Waals surface area contributed by atoms with Crippen molar-refractivity contribution in [3.63, 3.8) is 0 Å². The van der Waals surface area contributed by atoms with Gasteiger partial charge in [0.15, 0.2) is 5.82 Å². The van der Waals surface area contributed by atoms with E-state index >= 15 is 0 Å². The van der Waals surface area contributed by atoms with Gasteiger partial charge in [0.2, 0.25) is 0 Å². The summed E-state index contributed by atoms with van der Waals surface area (Å²) in [6, 6.07) is 12.6. The summed E-state index contributed by atoms with van der Waals surface area (Å²) in [6.45, 7) is 3.70. The molecule has 0 atom stereocenters. The highest BCUT2D eigenvalue weighted by Crippen LogP contribution is 2.21. The van der Waals surface area contributed by atoms with E-state index in [2.05, 4.69) is 20.5 Å². The van der Waals surface area contributed by atoms with Crippen molar-refractivity contribution in [3.05, 3.63) is 64.4 Å². The predicted molar refractivity (Wildman–Crippen MR) is 90.7 cm³/mol. The van der Waals surface area contributed by atoms with Gasteiger partial charge >= 0.3 is 0 Å². The largest absolute Gasteiger partial charge is 0.322 e. The van der Waals surface area contributed by atoms with Crippen molar-refractivity contribution in [1.29, 1.82) is 0 Å². The molecular weight excluding hydrogens is 312 g/mol. The SMILES string of the molecule is Cc1nc(-c2cccc(NC(=O)c3ccc(Cl)c(C)c3)c2)n[nH]1. The van der Waals surface area contributed by atoms with Crippen LogP contribution in [0.1, 0.15) is 21.7 Å². The van der Waals surface area contributed by atoms with Crippen molar-refractivity contribution >= 4 is 23.2 Å². The number of hydrogen-bond donors (Lipinski definition) is 2. The molecule has 1 heterocycles. The average Bonchev–Trinajstić information content (AvgIpc) is 2.97. The summed E-state index contributed by atoms with van der Waals surface area (Å²) < 4.78 is 0. The lowest BCUT2D eigenvalue weighted by Gasteiger charge is -2.07. The van der Waals surface area contributed by atoms with Gasteiger partial charge in [-0.2, -0.15) is 5.10 Å². The van der Waals surface area contributed by atoms with Crippen LogP contribution in [0.3, 0.4) is 0 Å². The fraction of sp³-hybridized carbons (Fsp3) is 0.118. The van der Waals surface area contributed by atoms with Crippen molar-refractivity contribution in [1.82, 2.24) is 15.2 Å². The second-order valence-electron chi connectivity index (χ2n) is 5.24. The zero-order valence-electron chi connectivity index (χ0n) is 12.7. The van der Waals surface area contributed by atoms with Crippen LogP contribution in [0.4, 0.5) is 5.69 Å². The number of anilines is 1. The van der Waals surface area contributed by atoms with Crippen LogP contribution in [0.15, 0.2) is 42.5 Å². The van der Waals surface area contributed by atoms with Crippen molar-refractivity contribution in [2.24, 2.45) is 0 Å². The van der Waals surface area contributed by atoms with E-state index in [4.69, 9.17) is 11.6 Å². The second kappa shape index (κ2) is 6.22. The number of aryl methyl sites for hydroxylation is 2. The number of H-pyrrole nitrogens is 1. The van der Waals surface area contributed by atoms with E-state index in [-0.39, 0.29) is 5.91 Å². The van der Waals surface area contributed by atoms with E-state index < -0.39 is 0 Å². The van der Waals surface area contributed by atoms with Crippen LogP contribution in [-0.2, 0) is 0 Å². The standard InChI is InChI=1S/C17H15ClN4O/c1-10-8-13(6-7-15(10)18)17(23)20-14-5-3-4-12(9-14)16-19-11(2)21-22-16/h3-9H,1-2H3,(H,20,23)(H,19,21,22). The summed E-state index contributed by atoms with van der Waals surface area (Å²) >= 11 is 5.99. The summed E-state index contributed by atoms with van der Waals surface area (Å²) in [6.07, 6.45) is 0. The molecule has 2 aromatic carbocycles. The highest BCUT2D eigenvalue weighted by Gasteiger charge is 2.09. The third-order valence-electron chi connectivity index (χ3n) is 3.40. The fourth-order valence-corrected chi connectivity index (χ4v) is 2.31. The van der Waals surface area contributed by atoms with E-state index in [0.29, 0.717) is 22.1 Å². The summed E-state index contributed by atoms with van der Waals surface area (Å²) in [7, 11) is 0. The van der Waals surface area contributed by atoms with Gasteiger partial charge in [0, 0.05) is 21.8 Å². The molecule has 5 nitrogen and oxygen atoms in total. The fourth-order valence-electron chi connectivity index (χ4n) is 2.20. The number of nitrogens with one attached hydrogen (secondary N) is 2. The Morgan fingerprint density at radius 2 is 2.00 bits per heavy atom. The van der Waals surface area contributed by atoms with Crippen LogP contribution in [0, 0.1) is 13.8 Å². The highest BCUT2D eigenvalue weighted by atomic mass is 35.5. The lowest BCUT2D eigenvalue weighted by Crippen LogP contribution is -2.12. The molecule has 3 rings (SSSR count). The summed E-state index contributed by atoms with van der Waals surface area (Å²) in [5.74, 6) is 1.15. The molecule has 0 aliphatic heterocycles. The van der Waals surface area contributed by atoms with Crippen molar-refractivity contribution in [2.45, 2.75) is 13.8 Å². The zero-order chi connectivity index (χ0) is 16.4. The quantitative estimate of drug-likeness (QED) is 0.764. The third kappa shape index (κ3) is 3.40. The van der Waals surface area contributed by atoms with Gasteiger partial charge in [0.05, 0.1) is 0 Å². The maximum absolute atomic E-state index is 12.3. The summed E-state index contributed by atoms with van der Waals surface area (Å²) in [5, 5.41) is 10.4. The summed E-state index contributed by atoms with van der Waals surface area (Å²) in [4.78, 5) is 16.6. The number of benzene rings is 2. The molecule has 0 saturated carbocycles. The van der Waals surface area contributed by atoms with E-state index in [0.717, 1.165) is 17.0 Å². The van der Waals surface area contributed by atoms with Gasteiger partial charge in [-0.3, -0.25) is 9.89 Å². The van der Waals surface area contributed by atoms with Crippen LogP contribution in [0.25, 0.3) is 11.4 Å². The minimum absolute atomic E-state index is 0.187. The molecule has 6 heteroatoms. The van der Waals surface area contributed by atoms with E-state index in [1.54, 1.807) is 18.2 Å². The number of nitrogens with zero attached hydrogens (tertiary/aromatic N) is 2. The molecule has 1 aromatic heterocycles. The Balaban J connectivity index is 1.82. The smallest absolute Gasteiger partial charge is 0.255 e. The molecule has 0 spiro atoms. The molecule has 2 N–H and O–H groups in total. The molecule has 0 aliphatic carbocycles. The number of carbonyl (C=O) groups excluding carboxylic acids is 1. The van der Waals surface area contributed by atoms with Gasteiger partial charge in [0.1, 0.15) is 5.82 Å². The monoisotopic (exact) mass is 326 g/mol. The first kappa shape index (κ1) is 15.2. The Hall–Kier alpha value is -2.66. The zero-order valence-corrected chi connectivity index (χ0v) is 13.5. The van der Waals surface area contributed by atoms with Crippen LogP contribution in [0.2, 0.25) is 5.02 Å². The summed E-state index contributed by atoms with van der Waals surface area (Å²) in [5.41, 5.74) is 2.94. The number of halogens is 1. The first-order valence-corrected chi connectivity index (χ1v) is 7.47. The van der Waals surface area contributed by atoms with E-state index in [1.165, 1.54) is 0 Å². The molecule has 0 unspecified atom stereocenters. The molecular formula is C17H15ClN4O. The van der Waals surface area contributed by atoms with Gasteiger partial charge in [-0.15, -0.1) is 0 Å². The molecule has 1 amide bonds. The van der Waals surface area contributed by atoms with Crippen molar-refractivity contribution in [2.75, 3.05) is 5.32 Å². The average molecular weight is 327 g/mol. The van der Waals surface area contributed by atoms with Crippen LogP contribution < -0.4 is 5.32 Å². The maximum atomic E-state index is 12.3. The number of amides is 1. The number of hydrogen-bond acceptors (Lipinski definition) is 3. The number of aromatic nitrogens is 3. The molecule has 116 valence electrons. The van der Waals surface area contributed by atoms with Crippen LogP contribution in [-0.4, -0.2) is 21.1 Å². The second-order valence-corrected chi connectivity index (χ2v) is 5.65. The van der Waals surface area contributed by atoms with Gasteiger partial charge in [-0.25, -0.2) is 4.98 Å². The molecule has 0 aliphatic rings. The van der Waals surface area contributed by atoms with Crippen LogP contribution in [0.5, 0.6) is 0 Å². The van der Waals surface area contributed by atoms with Gasteiger partial charge in [-0.1, -0.05) is 23.7 Å². The molecule has 0 fully saturated rings. The van der Waals surface area contributed by atoms with E-state index in [9.17, 15) is 4.79 Å². The molecule has 0 bridgehead atoms. The molecule has 3 aromatic rings. The minimum Gasteiger partial charge on any atom is -0.322 e. The molecule has 0 radical (unpaired) electrons. The van der Waals surface area contributed by atoms with Gasteiger partial charge in [0.25, 0.3) is 5.91 Å².